The first kappa shape index (κ1) is 22.5. The molecule has 0 aliphatic rings. The minimum atomic E-state index is 1.88. The fraction of sp³-hybridized carbons (Fsp3) is 0.125. The van der Waals surface area contributed by atoms with Crippen molar-refractivity contribution in [2.45, 2.75) is 6.92 Å². The number of allylic oxidation sites excluding steroid dienone is 3. The molecule has 0 fully saturated rings. The van der Waals surface area contributed by atoms with E-state index in [1.807, 2.05) is 30.1 Å². The van der Waals surface area contributed by atoms with Crippen LogP contribution >= 0.6 is 0 Å². The van der Waals surface area contributed by atoms with Gasteiger partial charge in [-0.2, -0.15) is 0 Å². The van der Waals surface area contributed by atoms with E-state index in [4.69, 9.17) is 14.4 Å². The molecular weight excluding hydrogens is 196 g/mol. The summed E-state index contributed by atoms with van der Waals surface area (Å²) in [5.41, 5.74) is 0. The van der Waals surface area contributed by atoms with Crippen LogP contribution in [0.15, 0.2) is 23.2 Å². The van der Waals surface area contributed by atoms with Crippen LogP contribution in [0.1, 0.15) is 6.92 Å². The standard InChI is InChI=1S/C5H7.3CO.Cr/c1-3-5-4-2;3*1-2;/h1,3-5H,2H3;;;;. The molecule has 0 atom stereocenters. The van der Waals surface area contributed by atoms with Crippen LogP contribution in [0, 0.1) is 0 Å². The fourth-order valence-electron chi connectivity index (χ4n) is 0.156. The van der Waals surface area contributed by atoms with Crippen LogP contribution in [-0.4, -0.2) is 20.4 Å². The fourth-order valence-corrected chi connectivity index (χ4v) is 0.298. The van der Waals surface area contributed by atoms with Gasteiger partial charge < -0.3 is 0 Å². The van der Waals surface area contributed by atoms with Crippen LogP contribution in [0.5, 0.6) is 0 Å². The van der Waals surface area contributed by atoms with E-state index >= 15 is 0 Å². The van der Waals surface area contributed by atoms with Gasteiger partial charge in [0.05, 0.1) is 0 Å². The largest absolute Gasteiger partial charge is 0.281 e. The summed E-state index contributed by atoms with van der Waals surface area (Å²) in [6, 6.07) is 0. The maximum absolute atomic E-state index is 7.50. The summed E-state index contributed by atoms with van der Waals surface area (Å²) in [4.78, 5) is 24.4. The summed E-state index contributed by atoms with van der Waals surface area (Å²) in [6.07, 6.45) is 5.89. The molecule has 6 radical (unpaired) electrons. The zero-order chi connectivity index (χ0) is 10.8. The molecule has 0 aromatic rings. The summed E-state index contributed by atoms with van der Waals surface area (Å²) in [5.74, 6) is 0. The quantitative estimate of drug-likeness (QED) is 0.581. The van der Waals surface area contributed by atoms with E-state index in [9.17, 15) is 0 Å². The Kier molecular flexibility index (Phi) is 167. The van der Waals surface area contributed by atoms with E-state index < -0.39 is 0 Å². The predicted octanol–water partition coefficient (Wildman–Crippen LogP) is 0.432. The first-order chi connectivity index (χ1) is 5.91. The third-order valence-corrected chi connectivity index (χ3v) is 0.628. The minimum Gasteiger partial charge on any atom is -0.281 e. The number of rotatable bonds is 1. The van der Waals surface area contributed by atoms with Gasteiger partial charge in [-0.15, -0.1) is 0 Å². The molecule has 0 aliphatic heterocycles. The summed E-state index contributed by atoms with van der Waals surface area (Å²) in [6.45, 7) is 15.5. The van der Waals surface area contributed by atoms with Crippen molar-refractivity contribution in [2.24, 2.45) is 0 Å². The van der Waals surface area contributed by atoms with Crippen molar-refractivity contribution in [3.8, 4) is 0 Å². The zero-order valence-corrected chi connectivity index (χ0v) is 7.72. The Labute approximate surface area is 81.6 Å². The molecule has 0 unspecified atom stereocenters. The van der Waals surface area contributed by atoms with Crippen LogP contribution in [0.25, 0.3) is 0 Å². The molecule has 0 saturated carbocycles. The van der Waals surface area contributed by atoms with Gasteiger partial charge in [-0.3, -0.25) is 14.4 Å². The Morgan fingerprint density at radius 3 is 1.33 bits per heavy atom. The molecule has 4 heteroatoms. The van der Waals surface area contributed by atoms with Gasteiger partial charge in [0.15, 0.2) is 0 Å². The summed E-state index contributed by atoms with van der Waals surface area (Å²) in [7, 11) is 0. The molecule has 0 aromatic heterocycles. The monoisotopic (exact) mass is 203 g/mol. The molecule has 0 heterocycles. The van der Waals surface area contributed by atoms with E-state index in [1.165, 1.54) is 0 Å². The molecule has 0 saturated heterocycles. The topological polar surface area (TPSA) is 51.2 Å². The van der Waals surface area contributed by atoms with Crippen molar-refractivity contribution in [1.82, 2.24) is 0 Å². The maximum atomic E-state index is 7.50. The van der Waals surface area contributed by atoms with E-state index in [1.54, 1.807) is 0 Å². The van der Waals surface area contributed by atoms with Crippen molar-refractivity contribution in [3.63, 3.8) is 0 Å². The van der Waals surface area contributed by atoms with Crippen LogP contribution in [0.2, 0.25) is 0 Å². The van der Waals surface area contributed by atoms with E-state index in [2.05, 4.69) is 36.7 Å². The van der Waals surface area contributed by atoms with Gasteiger partial charge in [-0.25, -0.2) is 0 Å². The summed E-state index contributed by atoms with van der Waals surface area (Å²) in [5, 5.41) is 0. The van der Waals surface area contributed by atoms with Crippen molar-refractivity contribution in [3.05, 3.63) is 23.2 Å². The van der Waals surface area contributed by atoms with Crippen molar-refractivity contribution in [1.29, 1.82) is 0 Å². The number of hydrogen-bond donors (Lipinski definition) is 0. The molecule has 0 N–H and O–H groups in total. The van der Waals surface area contributed by atoms with Gasteiger partial charge in [0.2, 0.25) is 0 Å². The van der Waals surface area contributed by atoms with Gasteiger partial charge >= 0.3 is 46.4 Å². The second-order valence-electron chi connectivity index (χ2n) is 0.854. The van der Waals surface area contributed by atoms with E-state index in [0.717, 1.165) is 0 Å². The molecule has 0 aliphatic carbocycles. The third-order valence-electron chi connectivity index (χ3n) is 0.382. The Morgan fingerprint density at radius 1 is 0.917 bits per heavy atom. The van der Waals surface area contributed by atoms with E-state index in [-0.39, 0.29) is 0 Å². The molecule has 0 amide bonds. The van der Waals surface area contributed by atoms with Crippen molar-refractivity contribution < 1.29 is 30.7 Å². The van der Waals surface area contributed by atoms with Crippen molar-refractivity contribution >= 4 is 20.4 Å². The number of hydrogen-bond acceptors (Lipinski definition) is 3. The molecule has 0 rings (SSSR count). The smallest absolute Gasteiger partial charge is 0.281 e. The van der Waals surface area contributed by atoms with Gasteiger partial charge in [0.25, 0.3) is 20.4 Å². The maximum Gasteiger partial charge on any atom is 0.281 e. The molecule has 3 nitrogen and oxygen atoms in total. The summed E-state index contributed by atoms with van der Waals surface area (Å²) < 4.78 is 0. The minimum absolute atomic E-state index is 1.88. The average Bonchev–Trinajstić information content (AvgIpc) is 2.24. The van der Waals surface area contributed by atoms with Crippen LogP contribution in [0.4, 0.5) is 0 Å². The number of carbonyl (C=O) groups excluding carboxylic acids is 3. The Balaban J connectivity index is -0.0000000453. The molecule has 63 valence electrons. The van der Waals surface area contributed by atoms with Gasteiger partial charge in [0.1, 0.15) is 0 Å². The normalized spacial score (nSPS) is 6.75. The second kappa shape index (κ2) is 89.3. The molecule has 12 heavy (non-hydrogen) atoms. The molecule has 0 bridgehead atoms. The molecular formula is C8H7CrO3. The Morgan fingerprint density at radius 2 is 1.25 bits per heavy atom. The van der Waals surface area contributed by atoms with Gasteiger partial charge in [0, 0.05) is 0 Å². The Bertz CT molecular complexity index is 87.7. The second-order valence-corrected chi connectivity index (χ2v) is 1.28. The first-order valence-electron chi connectivity index (χ1n) is 2.43. The van der Waals surface area contributed by atoms with Crippen molar-refractivity contribution in [2.75, 3.05) is 0 Å². The SMILES string of the molecule is CC=CC=[CH][Cr].[C]=O.[C]=O.[C]=O. The summed E-state index contributed by atoms with van der Waals surface area (Å²) >= 11 is 2.75. The van der Waals surface area contributed by atoms with E-state index in [0.29, 0.717) is 0 Å². The average molecular weight is 203 g/mol. The zero-order valence-electron chi connectivity index (χ0n) is 6.44. The molecule has 0 spiro atoms. The van der Waals surface area contributed by atoms with Crippen LogP contribution in [-0.2, 0) is 30.7 Å². The first-order valence-corrected chi connectivity index (χ1v) is 3.16. The van der Waals surface area contributed by atoms with Gasteiger partial charge in [-0.1, -0.05) is 0 Å². The van der Waals surface area contributed by atoms with Crippen LogP contribution in [0.3, 0.4) is 0 Å². The predicted molar refractivity (Wildman–Crippen MR) is 41.0 cm³/mol. The molecule has 0 aromatic carbocycles. The van der Waals surface area contributed by atoms with Gasteiger partial charge in [-0.05, 0) is 0 Å². The Hall–Kier alpha value is -0.978. The van der Waals surface area contributed by atoms with Crippen LogP contribution < -0.4 is 0 Å². The third kappa shape index (κ3) is 142.